The number of aromatic amines is 1. The first-order valence-corrected chi connectivity index (χ1v) is 8.96. The Bertz CT molecular complexity index is 1230. The fourth-order valence-corrected chi connectivity index (χ4v) is 3.29. The van der Waals surface area contributed by atoms with Gasteiger partial charge in [0.25, 0.3) is 0 Å². The summed E-state index contributed by atoms with van der Waals surface area (Å²) in [7, 11) is 0. The van der Waals surface area contributed by atoms with Gasteiger partial charge in [-0.3, -0.25) is 4.79 Å². The maximum absolute atomic E-state index is 13.6. The van der Waals surface area contributed by atoms with Crippen LogP contribution < -0.4 is 0 Å². The number of nitrogens with one attached hydrogen (secondary N) is 1. The summed E-state index contributed by atoms with van der Waals surface area (Å²) in [5, 5.41) is 20.3. The van der Waals surface area contributed by atoms with Gasteiger partial charge in [-0.05, 0) is 42.0 Å². The molecule has 6 heteroatoms. The molecule has 0 aliphatic heterocycles. The van der Waals surface area contributed by atoms with Crippen LogP contribution in [-0.2, 0) is 11.2 Å². The lowest BCUT2D eigenvalue weighted by Gasteiger charge is -2.09. The highest BCUT2D eigenvalue weighted by atomic mass is 19.1. The second-order valence-corrected chi connectivity index (χ2v) is 6.61. The number of rotatable bonds is 5. The number of hydrogen-bond donors (Lipinski definition) is 3. The minimum absolute atomic E-state index is 0.127. The van der Waals surface area contributed by atoms with Gasteiger partial charge < -0.3 is 15.2 Å². The van der Waals surface area contributed by atoms with Crippen LogP contribution in [0.25, 0.3) is 10.9 Å². The Balaban J connectivity index is 1.95. The number of aliphatic imine (C=N–C) groups is 1. The molecule has 0 bridgehead atoms. The number of carboxylic acid groups (broad SMARTS) is 1. The summed E-state index contributed by atoms with van der Waals surface area (Å²) < 4.78 is 13.6. The smallest absolute Gasteiger partial charge is 0.307 e. The van der Waals surface area contributed by atoms with Crippen molar-refractivity contribution in [2.45, 2.75) is 6.42 Å². The first-order chi connectivity index (χ1) is 14.0. The molecule has 4 aromatic rings. The lowest BCUT2D eigenvalue weighted by Crippen LogP contribution is -2.06. The predicted molar refractivity (Wildman–Crippen MR) is 109 cm³/mol. The first kappa shape index (κ1) is 18.4. The van der Waals surface area contributed by atoms with Gasteiger partial charge in [0.1, 0.15) is 5.82 Å². The molecule has 0 saturated heterocycles. The summed E-state index contributed by atoms with van der Waals surface area (Å²) in [5.74, 6) is -1.49. The van der Waals surface area contributed by atoms with Crippen LogP contribution in [0, 0.1) is 5.82 Å². The molecule has 0 aliphatic rings. The average molecular weight is 388 g/mol. The van der Waals surface area contributed by atoms with Crippen molar-refractivity contribution in [3.63, 3.8) is 0 Å². The van der Waals surface area contributed by atoms with Gasteiger partial charge in [-0.25, -0.2) is 9.38 Å². The van der Waals surface area contributed by atoms with Crippen LogP contribution >= 0.6 is 0 Å². The van der Waals surface area contributed by atoms with Gasteiger partial charge in [-0.2, -0.15) is 0 Å². The van der Waals surface area contributed by atoms with Crippen molar-refractivity contribution in [1.82, 2.24) is 4.98 Å². The van der Waals surface area contributed by atoms with E-state index in [1.54, 1.807) is 30.3 Å². The number of fused-ring (bicyclic) bond motifs is 1. The summed E-state index contributed by atoms with van der Waals surface area (Å²) in [4.78, 5) is 18.6. The molecule has 0 spiro atoms. The molecular weight excluding hydrogens is 371 g/mol. The molecular formula is C23H17FN2O3. The van der Waals surface area contributed by atoms with Crippen LogP contribution in [0.3, 0.4) is 0 Å². The van der Waals surface area contributed by atoms with Crippen molar-refractivity contribution < 1.29 is 19.4 Å². The molecule has 0 aliphatic carbocycles. The van der Waals surface area contributed by atoms with E-state index in [4.69, 9.17) is 10.1 Å². The van der Waals surface area contributed by atoms with Crippen molar-refractivity contribution in [2.24, 2.45) is 4.99 Å². The third-order valence-corrected chi connectivity index (χ3v) is 4.53. The maximum Gasteiger partial charge on any atom is 0.307 e. The minimum atomic E-state index is -0.936. The van der Waals surface area contributed by atoms with E-state index < -0.39 is 11.8 Å². The van der Waals surface area contributed by atoms with Gasteiger partial charge in [0.2, 0.25) is 0 Å². The van der Waals surface area contributed by atoms with Gasteiger partial charge in [0.15, 0.2) is 5.88 Å². The van der Waals surface area contributed by atoms with E-state index in [1.807, 2.05) is 30.3 Å². The molecule has 4 rings (SSSR count). The number of halogens is 1. The highest BCUT2D eigenvalue weighted by Gasteiger charge is 2.19. The average Bonchev–Trinajstić information content (AvgIpc) is 3.01. The van der Waals surface area contributed by atoms with Gasteiger partial charge >= 0.3 is 5.97 Å². The molecule has 144 valence electrons. The van der Waals surface area contributed by atoms with Crippen LogP contribution in [0.15, 0.2) is 77.8 Å². The Morgan fingerprint density at radius 3 is 2.55 bits per heavy atom. The number of carboxylic acids is 1. The summed E-state index contributed by atoms with van der Waals surface area (Å²) in [6, 6.07) is 20.4. The molecule has 0 atom stereocenters. The number of carbonyl (C=O) groups is 1. The quantitative estimate of drug-likeness (QED) is 0.429. The molecule has 1 heterocycles. The molecule has 0 radical (unpaired) electrons. The molecule has 3 aromatic carbocycles. The van der Waals surface area contributed by atoms with Gasteiger partial charge in [-0.15, -0.1) is 0 Å². The topological polar surface area (TPSA) is 85.7 Å². The fraction of sp³-hybridized carbons (Fsp3) is 0.0435. The van der Waals surface area contributed by atoms with Crippen molar-refractivity contribution >= 4 is 28.3 Å². The number of para-hydroxylation sites is 1. The standard InChI is InChI=1S/C23H17FN2O3/c24-16-9-10-18-19(13-16)26-23(29)21(18)22(25-17-7-2-1-3-8-17)15-6-4-5-14(11-15)12-20(27)28/h1-11,13,26,29H,12H2,(H,27,28). The number of H-pyrrole nitrogens is 1. The van der Waals surface area contributed by atoms with E-state index in [1.165, 1.54) is 12.1 Å². The van der Waals surface area contributed by atoms with E-state index in [0.29, 0.717) is 39.0 Å². The molecule has 0 unspecified atom stereocenters. The number of nitrogens with zero attached hydrogens (tertiary/aromatic N) is 1. The van der Waals surface area contributed by atoms with Gasteiger partial charge in [0.05, 0.1) is 28.9 Å². The maximum atomic E-state index is 13.6. The van der Waals surface area contributed by atoms with Crippen LogP contribution in [0.1, 0.15) is 16.7 Å². The summed E-state index contributed by atoms with van der Waals surface area (Å²) in [5.41, 5.74) is 3.26. The molecule has 5 nitrogen and oxygen atoms in total. The summed E-state index contributed by atoms with van der Waals surface area (Å²) in [6.45, 7) is 0. The first-order valence-electron chi connectivity index (χ1n) is 8.96. The van der Waals surface area contributed by atoms with E-state index in [-0.39, 0.29) is 12.3 Å². The van der Waals surface area contributed by atoms with Crippen LogP contribution in [0.5, 0.6) is 5.88 Å². The van der Waals surface area contributed by atoms with Gasteiger partial charge in [-0.1, -0.05) is 36.4 Å². The highest BCUT2D eigenvalue weighted by molar-refractivity contribution is 6.22. The Labute approximate surface area is 165 Å². The number of aromatic nitrogens is 1. The number of aromatic hydroxyl groups is 1. The van der Waals surface area contributed by atoms with Crippen molar-refractivity contribution in [3.8, 4) is 5.88 Å². The van der Waals surface area contributed by atoms with Crippen molar-refractivity contribution in [3.05, 3.63) is 95.3 Å². The Morgan fingerprint density at radius 2 is 1.79 bits per heavy atom. The Hall–Kier alpha value is -3.93. The highest BCUT2D eigenvalue weighted by Crippen LogP contribution is 2.32. The van der Waals surface area contributed by atoms with E-state index in [0.717, 1.165) is 0 Å². The minimum Gasteiger partial charge on any atom is -0.494 e. The second kappa shape index (κ2) is 7.59. The molecule has 0 fully saturated rings. The van der Waals surface area contributed by atoms with Crippen LogP contribution in [0.4, 0.5) is 10.1 Å². The lowest BCUT2D eigenvalue weighted by atomic mass is 9.98. The third-order valence-electron chi connectivity index (χ3n) is 4.53. The second-order valence-electron chi connectivity index (χ2n) is 6.61. The normalized spacial score (nSPS) is 11.7. The number of hydrogen-bond acceptors (Lipinski definition) is 3. The number of aliphatic carboxylic acids is 1. The van der Waals surface area contributed by atoms with E-state index in [9.17, 15) is 14.3 Å². The van der Waals surface area contributed by atoms with Crippen LogP contribution in [-0.4, -0.2) is 26.9 Å². The van der Waals surface area contributed by atoms with Crippen molar-refractivity contribution in [1.29, 1.82) is 0 Å². The third kappa shape index (κ3) is 3.87. The molecule has 0 saturated carbocycles. The fourth-order valence-electron chi connectivity index (χ4n) is 3.29. The lowest BCUT2D eigenvalue weighted by molar-refractivity contribution is -0.136. The summed E-state index contributed by atoms with van der Waals surface area (Å²) in [6.07, 6.45) is -0.127. The van der Waals surface area contributed by atoms with Crippen molar-refractivity contribution in [2.75, 3.05) is 0 Å². The van der Waals surface area contributed by atoms with Crippen LogP contribution in [0.2, 0.25) is 0 Å². The molecule has 29 heavy (non-hydrogen) atoms. The zero-order valence-corrected chi connectivity index (χ0v) is 15.3. The largest absolute Gasteiger partial charge is 0.494 e. The number of benzene rings is 3. The van der Waals surface area contributed by atoms with E-state index in [2.05, 4.69) is 4.98 Å². The van der Waals surface area contributed by atoms with Gasteiger partial charge in [0, 0.05) is 10.9 Å². The zero-order valence-electron chi connectivity index (χ0n) is 15.3. The molecule has 1 aromatic heterocycles. The SMILES string of the molecule is O=C(O)Cc1cccc(C(=Nc2ccccc2)c2c(O)[nH]c3cc(F)ccc23)c1. The zero-order chi connectivity index (χ0) is 20.4. The molecule has 3 N–H and O–H groups in total. The Kier molecular flexibility index (Phi) is 4.83. The Morgan fingerprint density at radius 1 is 1.00 bits per heavy atom. The predicted octanol–water partition coefficient (Wildman–Crippen LogP) is 4.81. The molecule has 0 amide bonds. The monoisotopic (exact) mass is 388 g/mol. The van der Waals surface area contributed by atoms with E-state index >= 15 is 0 Å². The summed E-state index contributed by atoms with van der Waals surface area (Å²) >= 11 is 0.